The maximum atomic E-state index is 13.9. The lowest BCUT2D eigenvalue weighted by atomic mass is 10.00. The second-order valence-corrected chi connectivity index (χ2v) is 10.4. The van der Waals surface area contributed by atoms with Crippen LogP contribution in [0.2, 0.25) is 0 Å². The van der Waals surface area contributed by atoms with Crippen LogP contribution in [0.15, 0.2) is 60.7 Å². The highest BCUT2D eigenvalue weighted by Gasteiger charge is 2.25. The number of hydrogen-bond acceptors (Lipinski definition) is 4. The van der Waals surface area contributed by atoms with E-state index in [1.165, 1.54) is 17.0 Å². The van der Waals surface area contributed by atoms with Crippen molar-refractivity contribution < 1.29 is 23.5 Å². The van der Waals surface area contributed by atoms with Crippen molar-refractivity contribution in [1.29, 1.82) is 0 Å². The molecule has 0 saturated carbocycles. The van der Waals surface area contributed by atoms with Gasteiger partial charge in [0.1, 0.15) is 11.6 Å². The molecule has 0 spiro atoms. The minimum atomic E-state index is -1.18. The van der Waals surface area contributed by atoms with Gasteiger partial charge < -0.3 is 21.1 Å². The van der Waals surface area contributed by atoms with Crippen molar-refractivity contribution in [2.45, 2.75) is 71.7 Å². The van der Waals surface area contributed by atoms with E-state index >= 15 is 0 Å². The molecule has 3 rings (SSSR count). The number of carbonyl (C=O) groups excluding carboxylic acids is 2. The Labute approximate surface area is 235 Å². The van der Waals surface area contributed by atoms with Crippen LogP contribution < -0.4 is 11.1 Å². The number of halogens is 2. The van der Waals surface area contributed by atoms with Crippen molar-refractivity contribution in [2.24, 2.45) is 5.73 Å². The summed E-state index contributed by atoms with van der Waals surface area (Å²) in [4.78, 5) is 28.2. The topological polar surface area (TPSA) is 95.7 Å². The van der Waals surface area contributed by atoms with Crippen molar-refractivity contribution in [2.75, 3.05) is 6.54 Å². The second-order valence-electron chi connectivity index (χ2n) is 10.4. The first-order valence-corrected chi connectivity index (χ1v) is 13.7. The number of nitrogens with one attached hydrogen (secondary N) is 1. The highest BCUT2D eigenvalue weighted by Crippen LogP contribution is 2.18. The van der Waals surface area contributed by atoms with Gasteiger partial charge in [0.15, 0.2) is 0 Å². The number of carbonyl (C=O) groups is 2. The Morgan fingerprint density at radius 2 is 1.60 bits per heavy atom. The molecule has 0 aliphatic carbocycles. The summed E-state index contributed by atoms with van der Waals surface area (Å²) >= 11 is 0. The lowest BCUT2D eigenvalue weighted by molar-refractivity contribution is 0.0554. The van der Waals surface area contributed by atoms with Gasteiger partial charge in [-0.15, -0.1) is 0 Å². The summed E-state index contributed by atoms with van der Waals surface area (Å²) in [6.45, 7) is 7.83. The number of benzene rings is 3. The number of nitrogens with two attached hydrogens (primary N) is 1. The van der Waals surface area contributed by atoms with Crippen LogP contribution in [0.3, 0.4) is 0 Å². The van der Waals surface area contributed by atoms with Gasteiger partial charge in [-0.05, 0) is 85.7 Å². The van der Waals surface area contributed by atoms with Gasteiger partial charge in [-0.25, -0.2) is 8.78 Å². The Hall–Kier alpha value is -3.62. The second kappa shape index (κ2) is 14.1. The molecule has 0 aliphatic heterocycles. The van der Waals surface area contributed by atoms with Gasteiger partial charge >= 0.3 is 0 Å². The van der Waals surface area contributed by atoms with Crippen molar-refractivity contribution >= 4 is 11.8 Å². The van der Waals surface area contributed by atoms with Crippen molar-refractivity contribution in [3.05, 3.63) is 106 Å². The molecule has 0 aromatic heterocycles. The minimum Gasteiger partial charge on any atom is -0.390 e. The molecular formula is C32H39F2N3O3. The molecule has 3 aromatic rings. The van der Waals surface area contributed by atoms with E-state index in [9.17, 15) is 23.5 Å². The van der Waals surface area contributed by atoms with E-state index < -0.39 is 23.8 Å². The van der Waals surface area contributed by atoms with E-state index in [-0.39, 0.29) is 37.4 Å². The maximum absolute atomic E-state index is 13.9. The first-order chi connectivity index (χ1) is 19.0. The van der Waals surface area contributed by atoms with Crippen LogP contribution in [-0.4, -0.2) is 46.6 Å². The lowest BCUT2D eigenvalue weighted by Crippen LogP contribution is -2.46. The van der Waals surface area contributed by atoms with E-state index in [1.54, 1.807) is 18.2 Å². The highest BCUT2D eigenvalue weighted by atomic mass is 19.1. The molecule has 0 heterocycles. The molecular weight excluding hydrogens is 512 g/mol. The Morgan fingerprint density at radius 1 is 0.950 bits per heavy atom. The van der Waals surface area contributed by atoms with Crippen LogP contribution in [0, 0.1) is 18.6 Å². The van der Waals surface area contributed by atoms with E-state index in [1.807, 2.05) is 52.0 Å². The van der Waals surface area contributed by atoms with E-state index in [4.69, 9.17) is 5.73 Å². The minimum absolute atomic E-state index is 0.0160. The number of aryl methyl sites for hydroxylation is 2. The third kappa shape index (κ3) is 8.69. The average Bonchev–Trinajstić information content (AvgIpc) is 2.91. The summed E-state index contributed by atoms with van der Waals surface area (Å²) in [5, 5.41) is 13.9. The molecule has 8 heteroatoms. The molecule has 0 radical (unpaired) electrons. The van der Waals surface area contributed by atoms with Crippen LogP contribution >= 0.6 is 0 Å². The molecule has 214 valence electrons. The smallest absolute Gasteiger partial charge is 0.254 e. The number of hydrogen-bond donors (Lipinski definition) is 3. The zero-order valence-electron chi connectivity index (χ0n) is 23.6. The monoisotopic (exact) mass is 551 g/mol. The van der Waals surface area contributed by atoms with E-state index in [2.05, 4.69) is 5.32 Å². The molecule has 2 amide bonds. The average molecular weight is 552 g/mol. The molecule has 6 nitrogen and oxygen atoms in total. The van der Waals surface area contributed by atoms with Crippen LogP contribution in [0.5, 0.6) is 0 Å². The molecule has 3 atom stereocenters. The van der Waals surface area contributed by atoms with E-state index in [0.29, 0.717) is 16.7 Å². The van der Waals surface area contributed by atoms with Crippen molar-refractivity contribution in [3.8, 4) is 0 Å². The molecule has 1 unspecified atom stereocenters. The lowest BCUT2D eigenvalue weighted by Gasteiger charge is -2.29. The zero-order valence-corrected chi connectivity index (χ0v) is 23.6. The van der Waals surface area contributed by atoms with Gasteiger partial charge in [-0.3, -0.25) is 9.59 Å². The summed E-state index contributed by atoms with van der Waals surface area (Å²) < 4.78 is 27.3. The summed E-state index contributed by atoms with van der Waals surface area (Å²) in [5.74, 6) is -2.08. The fourth-order valence-electron chi connectivity index (χ4n) is 4.52. The van der Waals surface area contributed by atoms with Gasteiger partial charge in [0.05, 0.1) is 6.10 Å². The molecule has 3 aromatic carbocycles. The number of amides is 2. The number of rotatable bonds is 12. The van der Waals surface area contributed by atoms with Crippen LogP contribution in [-0.2, 0) is 19.4 Å². The molecule has 0 saturated heterocycles. The molecule has 0 bridgehead atoms. The summed E-state index contributed by atoms with van der Waals surface area (Å²) in [7, 11) is 0. The van der Waals surface area contributed by atoms with Crippen molar-refractivity contribution in [1.82, 2.24) is 10.2 Å². The Kier molecular flexibility index (Phi) is 10.9. The standard InChI is InChI=1S/C32H39F2N3O3/c1-5-21(4)36-31(39)25-10-20(3)11-26(16-25)32(40)37(18-23-9-7-8-22(6-2)12-23)19-30(38)29(35)15-24-13-27(33)17-28(34)14-24/h7-14,16-17,21,29-30,38H,5-6,15,18-19,35H2,1-4H3,(H,36,39)/t21?,29-,30+/m0/s1. The molecule has 40 heavy (non-hydrogen) atoms. The quantitative estimate of drug-likeness (QED) is 0.297. The van der Waals surface area contributed by atoms with E-state index in [0.717, 1.165) is 35.6 Å². The number of aliphatic hydroxyl groups excluding tert-OH is 1. The Bertz CT molecular complexity index is 1310. The summed E-state index contributed by atoms with van der Waals surface area (Å²) in [6.07, 6.45) is 0.441. The number of aliphatic hydroxyl groups is 1. The van der Waals surface area contributed by atoms with Crippen molar-refractivity contribution in [3.63, 3.8) is 0 Å². The van der Waals surface area contributed by atoms with Gasteiger partial charge in [0.25, 0.3) is 11.8 Å². The van der Waals surface area contributed by atoms with Gasteiger partial charge in [0, 0.05) is 42.4 Å². The molecule has 0 fully saturated rings. The fourth-order valence-corrected chi connectivity index (χ4v) is 4.52. The van der Waals surface area contributed by atoms with Crippen LogP contribution in [0.4, 0.5) is 8.78 Å². The summed E-state index contributed by atoms with van der Waals surface area (Å²) in [6, 6.07) is 15.0. The third-order valence-electron chi connectivity index (χ3n) is 6.93. The Morgan fingerprint density at radius 3 is 2.25 bits per heavy atom. The highest BCUT2D eigenvalue weighted by molar-refractivity contribution is 6.00. The van der Waals surface area contributed by atoms with Crippen LogP contribution in [0.1, 0.15) is 70.2 Å². The number of nitrogens with zero attached hydrogens (tertiary/aromatic N) is 1. The maximum Gasteiger partial charge on any atom is 0.254 e. The molecule has 4 N–H and O–H groups in total. The Balaban J connectivity index is 1.89. The predicted octanol–water partition coefficient (Wildman–Crippen LogP) is 4.94. The fraction of sp³-hybridized carbons (Fsp3) is 0.375. The van der Waals surface area contributed by atoms with Gasteiger partial charge in [0.2, 0.25) is 0 Å². The normalized spacial score (nSPS) is 13.4. The molecule has 0 aliphatic rings. The van der Waals surface area contributed by atoms with Gasteiger partial charge in [-0.2, -0.15) is 0 Å². The van der Waals surface area contributed by atoms with Gasteiger partial charge in [-0.1, -0.05) is 38.1 Å². The first kappa shape index (κ1) is 30.9. The van der Waals surface area contributed by atoms with Crippen LogP contribution in [0.25, 0.3) is 0 Å². The predicted molar refractivity (Wildman–Crippen MR) is 153 cm³/mol. The first-order valence-electron chi connectivity index (χ1n) is 13.7. The zero-order chi connectivity index (χ0) is 29.4. The largest absolute Gasteiger partial charge is 0.390 e. The summed E-state index contributed by atoms with van der Waals surface area (Å²) in [5.41, 5.74) is 9.97. The third-order valence-corrected chi connectivity index (χ3v) is 6.93. The SMILES string of the molecule is CCc1cccc(CN(C[C@@H](O)[C@@H](N)Cc2cc(F)cc(F)c2)C(=O)c2cc(C)cc(C(=O)NC(C)CC)c2)c1.